The van der Waals surface area contributed by atoms with Crippen LogP contribution in [0.3, 0.4) is 0 Å². The Balaban J connectivity index is 1.98. The Morgan fingerprint density at radius 3 is 2.46 bits per heavy atom. The van der Waals surface area contributed by atoms with Crippen LogP contribution < -0.4 is 5.32 Å². The monoisotopic (exact) mass is 311 g/mol. The predicted molar refractivity (Wildman–Crippen MR) is 94.6 cm³/mol. The molecule has 0 fully saturated rings. The largest absolute Gasteiger partial charge is 0.374 e. The van der Waals surface area contributed by atoms with Crippen molar-refractivity contribution in [3.63, 3.8) is 0 Å². The first-order chi connectivity index (χ1) is 11.8. The van der Waals surface area contributed by atoms with E-state index in [1.165, 1.54) is 5.56 Å². The lowest BCUT2D eigenvalue weighted by Crippen LogP contribution is -2.32. The average molecular weight is 311 g/mol. The number of anilines is 1. The zero-order valence-electron chi connectivity index (χ0n) is 13.4. The number of hydrogen-bond acceptors (Lipinski definition) is 3. The Morgan fingerprint density at radius 2 is 1.75 bits per heavy atom. The number of aromatic nitrogens is 1. The second-order valence-electron chi connectivity index (χ2n) is 6.17. The fourth-order valence-corrected chi connectivity index (χ4v) is 3.52. The summed E-state index contributed by atoms with van der Waals surface area (Å²) in [6.45, 7) is 2.05. The molecule has 0 spiro atoms. The van der Waals surface area contributed by atoms with Crippen molar-refractivity contribution in [3.8, 4) is 6.07 Å². The Kier molecular flexibility index (Phi) is 3.32. The van der Waals surface area contributed by atoms with Crippen molar-refractivity contribution in [3.05, 3.63) is 95.3 Å². The molecule has 0 aliphatic carbocycles. The molecule has 1 aliphatic rings. The summed E-state index contributed by atoms with van der Waals surface area (Å²) in [6.07, 6.45) is 1.76. The Bertz CT molecular complexity index is 910. The van der Waals surface area contributed by atoms with Gasteiger partial charge in [0.05, 0.1) is 23.5 Å². The first-order valence-corrected chi connectivity index (χ1v) is 8.01. The zero-order chi connectivity index (χ0) is 16.6. The molecule has 2 aromatic carbocycles. The summed E-state index contributed by atoms with van der Waals surface area (Å²) in [5.74, 6) is 0. The van der Waals surface area contributed by atoms with E-state index in [1.54, 1.807) is 6.20 Å². The van der Waals surface area contributed by atoms with Gasteiger partial charge in [-0.25, -0.2) is 0 Å². The van der Waals surface area contributed by atoms with Gasteiger partial charge in [0, 0.05) is 6.20 Å². The Morgan fingerprint density at radius 1 is 1.00 bits per heavy atom. The van der Waals surface area contributed by atoms with Crippen molar-refractivity contribution < 1.29 is 0 Å². The van der Waals surface area contributed by atoms with E-state index in [9.17, 15) is 5.26 Å². The molecule has 2 atom stereocenters. The first-order valence-electron chi connectivity index (χ1n) is 8.01. The summed E-state index contributed by atoms with van der Waals surface area (Å²) in [7, 11) is 0. The molecule has 116 valence electrons. The maximum absolute atomic E-state index is 10.3. The first kappa shape index (κ1) is 14.5. The molecule has 3 nitrogen and oxygen atoms in total. The lowest BCUT2D eigenvalue weighted by molar-refractivity contribution is 0.574. The highest BCUT2D eigenvalue weighted by Crippen LogP contribution is 2.51. The molecule has 0 saturated carbocycles. The summed E-state index contributed by atoms with van der Waals surface area (Å²) >= 11 is 0. The fourth-order valence-electron chi connectivity index (χ4n) is 3.52. The fraction of sp³-hybridized carbons (Fsp3) is 0.143. The van der Waals surface area contributed by atoms with E-state index in [1.807, 2.05) is 42.5 Å². The molecule has 24 heavy (non-hydrogen) atoms. The van der Waals surface area contributed by atoms with Crippen LogP contribution in [-0.4, -0.2) is 4.98 Å². The number of nitrogens with zero attached hydrogens (tertiary/aromatic N) is 2. The second-order valence-corrected chi connectivity index (χ2v) is 6.17. The van der Waals surface area contributed by atoms with Crippen molar-refractivity contribution in [1.29, 1.82) is 5.26 Å². The maximum atomic E-state index is 10.3. The van der Waals surface area contributed by atoms with Crippen LogP contribution in [0.4, 0.5) is 5.69 Å². The average Bonchev–Trinajstić information content (AvgIpc) is 2.98. The van der Waals surface area contributed by atoms with Crippen LogP contribution in [0.25, 0.3) is 0 Å². The molecule has 3 heteroatoms. The molecule has 1 N–H and O–H groups in total. The molecule has 0 radical (unpaired) electrons. The summed E-state index contributed by atoms with van der Waals surface area (Å²) in [5.41, 5.74) is 4.10. The normalized spacial score (nSPS) is 21.6. The highest BCUT2D eigenvalue weighted by Gasteiger charge is 2.51. The van der Waals surface area contributed by atoms with Gasteiger partial charge < -0.3 is 5.32 Å². The van der Waals surface area contributed by atoms with Crippen LogP contribution in [0.1, 0.15) is 28.4 Å². The van der Waals surface area contributed by atoms with E-state index >= 15 is 0 Å². The van der Waals surface area contributed by atoms with E-state index < -0.39 is 5.41 Å². The molecule has 1 aliphatic heterocycles. The van der Waals surface area contributed by atoms with Gasteiger partial charge in [0.1, 0.15) is 0 Å². The van der Waals surface area contributed by atoms with Gasteiger partial charge in [-0.15, -0.1) is 0 Å². The summed E-state index contributed by atoms with van der Waals surface area (Å²) in [4.78, 5) is 4.57. The van der Waals surface area contributed by atoms with Gasteiger partial charge >= 0.3 is 0 Å². The van der Waals surface area contributed by atoms with Crippen LogP contribution in [0.2, 0.25) is 0 Å². The SMILES string of the molecule is Cc1ccc([C@]2(C#N)c3ncccc3N[C@H]2c2ccccc2)cc1. The van der Waals surface area contributed by atoms with Gasteiger partial charge in [-0.05, 0) is 30.2 Å². The molecule has 1 aromatic heterocycles. The van der Waals surface area contributed by atoms with Crippen molar-refractivity contribution in [2.45, 2.75) is 18.4 Å². The van der Waals surface area contributed by atoms with Gasteiger partial charge in [-0.1, -0.05) is 60.2 Å². The van der Waals surface area contributed by atoms with E-state index in [2.05, 4.69) is 47.6 Å². The summed E-state index contributed by atoms with van der Waals surface area (Å²) < 4.78 is 0. The molecule has 2 heterocycles. The minimum absolute atomic E-state index is 0.170. The lowest BCUT2D eigenvalue weighted by atomic mass is 9.72. The molecule has 3 aromatic rings. The molecular weight excluding hydrogens is 294 g/mol. The number of hydrogen-bond donors (Lipinski definition) is 1. The van der Waals surface area contributed by atoms with Crippen LogP contribution in [0, 0.1) is 18.3 Å². The highest BCUT2D eigenvalue weighted by atomic mass is 15.0. The quantitative estimate of drug-likeness (QED) is 0.764. The van der Waals surface area contributed by atoms with Crippen molar-refractivity contribution >= 4 is 5.69 Å². The number of nitriles is 1. The van der Waals surface area contributed by atoms with Crippen LogP contribution in [-0.2, 0) is 5.41 Å². The van der Waals surface area contributed by atoms with E-state index in [-0.39, 0.29) is 6.04 Å². The molecule has 0 bridgehead atoms. The number of fused-ring (bicyclic) bond motifs is 1. The van der Waals surface area contributed by atoms with Crippen molar-refractivity contribution in [2.75, 3.05) is 5.32 Å². The predicted octanol–water partition coefficient (Wildman–Crippen LogP) is 4.37. The highest BCUT2D eigenvalue weighted by molar-refractivity contribution is 5.68. The van der Waals surface area contributed by atoms with Crippen molar-refractivity contribution in [2.24, 2.45) is 0 Å². The van der Waals surface area contributed by atoms with Gasteiger partial charge in [0.15, 0.2) is 5.41 Å². The lowest BCUT2D eigenvalue weighted by Gasteiger charge is -2.29. The number of nitrogens with one attached hydrogen (secondary N) is 1. The van der Waals surface area contributed by atoms with Gasteiger partial charge in [-0.3, -0.25) is 4.98 Å². The summed E-state index contributed by atoms with van der Waals surface area (Å²) in [5, 5.41) is 13.8. The minimum atomic E-state index is -0.842. The maximum Gasteiger partial charge on any atom is 0.150 e. The molecular formula is C21H17N3. The number of benzene rings is 2. The third-order valence-electron chi connectivity index (χ3n) is 4.73. The Hall–Kier alpha value is -3.12. The molecule has 0 saturated heterocycles. The van der Waals surface area contributed by atoms with E-state index in [0.29, 0.717) is 0 Å². The van der Waals surface area contributed by atoms with Gasteiger partial charge in [0.25, 0.3) is 0 Å². The molecule has 0 unspecified atom stereocenters. The van der Waals surface area contributed by atoms with Gasteiger partial charge in [-0.2, -0.15) is 5.26 Å². The zero-order valence-corrected chi connectivity index (χ0v) is 13.4. The van der Waals surface area contributed by atoms with Crippen LogP contribution in [0.5, 0.6) is 0 Å². The second kappa shape index (κ2) is 5.50. The topological polar surface area (TPSA) is 48.7 Å². The standard InChI is InChI=1S/C21H17N3/c1-15-9-11-17(12-10-15)21(14-22)19(16-6-3-2-4-7-16)24-18-8-5-13-23-20(18)21/h2-13,19,24H,1H3/t19-,21-/m0/s1. The van der Waals surface area contributed by atoms with E-state index in [4.69, 9.17) is 0 Å². The molecule has 4 rings (SSSR count). The van der Waals surface area contributed by atoms with Crippen LogP contribution in [0.15, 0.2) is 72.9 Å². The smallest absolute Gasteiger partial charge is 0.150 e. The third kappa shape index (κ3) is 2.00. The third-order valence-corrected chi connectivity index (χ3v) is 4.73. The number of aryl methyl sites for hydroxylation is 1. The molecule has 0 amide bonds. The van der Waals surface area contributed by atoms with Crippen LogP contribution >= 0.6 is 0 Å². The van der Waals surface area contributed by atoms with E-state index in [0.717, 1.165) is 22.5 Å². The minimum Gasteiger partial charge on any atom is -0.374 e. The summed E-state index contributed by atoms with van der Waals surface area (Å²) in [6, 6.07) is 24.6. The Labute approximate surface area is 141 Å². The number of pyridine rings is 1. The van der Waals surface area contributed by atoms with Gasteiger partial charge in [0.2, 0.25) is 0 Å². The number of rotatable bonds is 2. The van der Waals surface area contributed by atoms with Crippen molar-refractivity contribution in [1.82, 2.24) is 4.98 Å².